The molecule has 0 heterocycles. The topological polar surface area (TPSA) is 64.4 Å². The van der Waals surface area contributed by atoms with Crippen LogP contribution in [0.5, 0.6) is 5.75 Å². The normalized spacial score (nSPS) is 12.9. The molecule has 0 aliphatic rings. The number of para-hydroxylation sites is 1. The average Bonchev–Trinajstić information content (AvgIpc) is 2.33. The van der Waals surface area contributed by atoms with Gasteiger partial charge < -0.3 is 15.8 Å². The van der Waals surface area contributed by atoms with Crippen molar-refractivity contribution < 1.29 is 9.53 Å². The third-order valence-corrected chi connectivity index (χ3v) is 2.87. The molecule has 0 bridgehead atoms. The summed E-state index contributed by atoms with van der Waals surface area (Å²) in [5.41, 5.74) is 6.36. The van der Waals surface area contributed by atoms with Gasteiger partial charge in [-0.25, -0.2) is 0 Å². The van der Waals surface area contributed by atoms with Crippen molar-refractivity contribution in [2.75, 3.05) is 7.11 Å². The summed E-state index contributed by atoms with van der Waals surface area (Å²) in [5, 5.41) is 3.02. The number of methoxy groups -OCH3 is 1. The summed E-state index contributed by atoms with van der Waals surface area (Å²) in [5.74, 6) is 0.756. The number of hydrogen-bond acceptors (Lipinski definition) is 3. The first kappa shape index (κ1) is 15.5. The van der Waals surface area contributed by atoms with E-state index in [1.54, 1.807) is 7.11 Å². The largest absolute Gasteiger partial charge is 0.496 e. The number of nitrogens with one attached hydrogen (secondary N) is 1. The second-order valence-corrected chi connectivity index (χ2v) is 5.44. The van der Waals surface area contributed by atoms with E-state index in [1.165, 1.54) is 0 Å². The fourth-order valence-corrected chi connectivity index (χ4v) is 2.01. The maximum Gasteiger partial charge on any atom is 0.222 e. The maximum absolute atomic E-state index is 12.0. The Morgan fingerprint density at radius 3 is 2.58 bits per heavy atom. The molecule has 4 nitrogen and oxygen atoms in total. The minimum atomic E-state index is -0.497. The molecule has 1 amide bonds. The Morgan fingerprint density at radius 1 is 1.42 bits per heavy atom. The molecule has 0 fully saturated rings. The van der Waals surface area contributed by atoms with Gasteiger partial charge >= 0.3 is 0 Å². The van der Waals surface area contributed by atoms with Crippen molar-refractivity contribution in [3.05, 3.63) is 29.8 Å². The average molecular weight is 264 g/mol. The highest BCUT2D eigenvalue weighted by Gasteiger charge is 2.20. The second-order valence-electron chi connectivity index (χ2n) is 5.44. The molecular weight excluding hydrogens is 240 g/mol. The molecule has 0 radical (unpaired) electrons. The molecule has 1 unspecified atom stereocenters. The number of nitrogens with two attached hydrogens (primary N) is 1. The van der Waals surface area contributed by atoms with Gasteiger partial charge in [0.1, 0.15) is 5.75 Å². The van der Waals surface area contributed by atoms with E-state index in [9.17, 15) is 4.79 Å². The van der Waals surface area contributed by atoms with Crippen LogP contribution >= 0.6 is 0 Å². The zero-order chi connectivity index (χ0) is 14.5. The summed E-state index contributed by atoms with van der Waals surface area (Å²) < 4.78 is 5.33. The fourth-order valence-electron chi connectivity index (χ4n) is 2.01. The van der Waals surface area contributed by atoms with E-state index in [4.69, 9.17) is 10.5 Å². The van der Waals surface area contributed by atoms with Gasteiger partial charge in [-0.15, -0.1) is 0 Å². The minimum absolute atomic E-state index is 0.0368. The van der Waals surface area contributed by atoms with Gasteiger partial charge in [-0.1, -0.05) is 25.1 Å². The minimum Gasteiger partial charge on any atom is -0.496 e. The number of rotatable bonds is 6. The van der Waals surface area contributed by atoms with Crippen LogP contribution in [0, 0.1) is 0 Å². The second kappa shape index (κ2) is 6.57. The van der Waals surface area contributed by atoms with Crippen LogP contribution in [0.1, 0.15) is 45.2 Å². The van der Waals surface area contributed by atoms with E-state index < -0.39 is 5.54 Å². The van der Waals surface area contributed by atoms with Crippen LogP contribution in [0.2, 0.25) is 0 Å². The molecular formula is C15H24N2O2. The summed E-state index contributed by atoms with van der Waals surface area (Å²) >= 11 is 0. The zero-order valence-corrected chi connectivity index (χ0v) is 12.2. The molecule has 4 heteroatoms. The fraction of sp³-hybridized carbons (Fsp3) is 0.533. The van der Waals surface area contributed by atoms with Crippen molar-refractivity contribution in [1.82, 2.24) is 5.32 Å². The van der Waals surface area contributed by atoms with Crippen LogP contribution in [0.25, 0.3) is 0 Å². The Kier molecular flexibility index (Phi) is 5.36. The molecule has 1 aromatic rings. The Balaban J connectivity index is 2.81. The molecule has 0 saturated heterocycles. The van der Waals surface area contributed by atoms with Gasteiger partial charge in [0.2, 0.25) is 5.91 Å². The molecule has 3 N–H and O–H groups in total. The quantitative estimate of drug-likeness (QED) is 0.829. The molecule has 0 aliphatic carbocycles. The molecule has 0 aliphatic heterocycles. The third-order valence-electron chi connectivity index (χ3n) is 2.87. The maximum atomic E-state index is 12.0. The standard InChI is InChI=1S/C15H24N2O2/c1-5-12(17-14(18)10-15(2,3)16)11-8-6-7-9-13(11)19-4/h6-9,12H,5,10,16H2,1-4H3,(H,17,18). The van der Waals surface area contributed by atoms with E-state index in [1.807, 2.05) is 45.0 Å². The molecule has 19 heavy (non-hydrogen) atoms. The molecule has 1 atom stereocenters. The monoisotopic (exact) mass is 264 g/mol. The van der Waals surface area contributed by atoms with Crippen molar-refractivity contribution in [2.24, 2.45) is 5.73 Å². The lowest BCUT2D eigenvalue weighted by Crippen LogP contribution is -2.40. The first-order valence-corrected chi connectivity index (χ1v) is 6.58. The number of carbonyl (C=O) groups is 1. The van der Waals surface area contributed by atoms with Gasteiger partial charge in [0.15, 0.2) is 0 Å². The number of amides is 1. The van der Waals surface area contributed by atoms with Crippen LogP contribution < -0.4 is 15.8 Å². The molecule has 0 aromatic heterocycles. The summed E-state index contributed by atoms with van der Waals surface area (Å²) in [6, 6.07) is 7.68. The zero-order valence-electron chi connectivity index (χ0n) is 12.2. The Hall–Kier alpha value is -1.55. The Morgan fingerprint density at radius 2 is 2.05 bits per heavy atom. The van der Waals surface area contributed by atoms with Crippen LogP contribution in [-0.2, 0) is 4.79 Å². The van der Waals surface area contributed by atoms with Gasteiger partial charge in [-0.3, -0.25) is 4.79 Å². The highest BCUT2D eigenvalue weighted by Crippen LogP contribution is 2.27. The lowest BCUT2D eigenvalue weighted by molar-refractivity contribution is -0.122. The summed E-state index contributed by atoms with van der Waals surface area (Å²) in [6.45, 7) is 5.72. The van der Waals surface area contributed by atoms with Crippen molar-refractivity contribution in [3.8, 4) is 5.75 Å². The lowest BCUT2D eigenvalue weighted by Gasteiger charge is -2.23. The van der Waals surface area contributed by atoms with Gasteiger partial charge in [-0.05, 0) is 26.3 Å². The van der Waals surface area contributed by atoms with Gasteiger partial charge in [-0.2, -0.15) is 0 Å². The van der Waals surface area contributed by atoms with Crippen molar-refractivity contribution >= 4 is 5.91 Å². The van der Waals surface area contributed by atoms with Crippen LogP contribution in [0.15, 0.2) is 24.3 Å². The van der Waals surface area contributed by atoms with Gasteiger partial charge in [0, 0.05) is 17.5 Å². The van der Waals surface area contributed by atoms with E-state index in [0.717, 1.165) is 17.7 Å². The number of carbonyl (C=O) groups excluding carboxylic acids is 1. The number of ether oxygens (including phenoxy) is 1. The van der Waals surface area contributed by atoms with Crippen molar-refractivity contribution in [2.45, 2.75) is 45.2 Å². The number of benzene rings is 1. The molecule has 106 valence electrons. The SMILES string of the molecule is CCC(NC(=O)CC(C)(C)N)c1ccccc1OC. The van der Waals surface area contributed by atoms with Crippen LogP contribution in [-0.4, -0.2) is 18.6 Å². The molecule has 0 saturated carbocycles. The van der Waals surface area contributed by atoms with E-state index in [0.29, 0.717) is 6.42 Å². The first-order chi connectivity index (χ1) is 8.87. The molecule has 1 aromatic carbocycles. The smallest absolute Gasteiger partial charge is 0.222 e. The first-order valence-electron chi connectivity index (χ1n) is 6.58. The highest BCUT2D eigenvalue weighted by molar-refractivity contribution is 5.77. The summed E-state index contributed by atoms with van der Waals surface area (Å²) in [4.78, 5) is 12.0. The number of hydrogen-bond donors (Lipinski definition) is 2. The summed E-state index contributed by atoms with van der Waals surface area (Å²) in [6.07, 6.45) is 1.11. The Labute approximate surface area is 115 Å². The van der Waals surface area contributed by atoms with Crippen LogP contribution in [0.4, 0.5) is 0 Å². The lowest BCUT2D eigenvalue weighted by atomic mass is 9.99. The van der Waals surface area contributed by atoms with E-state index >= 15 is 0 Å². The highest BCUT2D eigenvalue weighted by atomic mass is 16.5. The van der Waals surface area contributed by atoms with Gasteiger partial charge in [0.25, 0.3) is 0 Å². The predicted molar refractivity (Wildman–Crippen MR) is 77.1 cm³/mol. The van der Waals surface area contributed by atoms with E-state index in [2.05, 4.69) is 5.32 Å². The van der Waals surface area contributed by atoms with Crippen molar-refractivity contribution in [1.29, 1.82) is 0 Å². The van der Waals surface area contributed by atoms with Crippen LogP contribution in [0.3, 0.4) is 0 Å². The molecule has 0 spiro atoms. The Bertz CT molecular complexity index is 424. The van der Waals surface area contributed by atoms with E-state index in [-0.39, 0.29) is 11.9 Å². The predicted octanol–water partition coefficient (Wildman–Crippen LogP) is 2.39. The van der Waals surface area contributed by atoms with Gasteiger partial charge in [0.05, 0.1) is 13.2 Å². The molecule has 1 rings (SSSR count). The summed E-state index contributed by atoms with van der Waals surface area (Å²) in [7, 11) is 1.64. The van der Waals surface area contributed by atoms with Crippen molar-refractivity contribution in [3.63, 3.8) is 0 Å². The third kappa shape index (κ3) is 4.91.